The molecule has 0 radical (unpaired) electrons. The largest absolute Gasteiger partial charge is 0.355 e. The van der Waals surface area contributed by atoms with Gasteiger partial charge < -0.3 is 10.6 Å². The summed E-state index contributed by atoms with van der Waals surface area (Å²) in [6.07, 6.45) is 0.463. The lowest BCUT2D eigenvalue weighted by Gasteiger charge is -2.27. The molecule has 0 aliphatic carbocycles. The normalized spacial score (nSPS) is 14.4. The van der Waals surface area contributed by atoms with Gasteiger partial charge in [-0.2, -0.15) is 0 Å². The molecule has 0 spiro atoms. The molecule has 2 N–H and O–H groups in total. The van der Waals surface area contributed by atoms with Crippen molar-refractivity contribution in [3.05, 3.63) is 48.0 Å². The molecule has 1 heterocycles. The molecule has 1 aliphatic heterocycles. The van der Waals surface area contributed by atoms with E-state index in [4.69, 9.17) is 0 Å². The summed E-state index contributed by atoms with van der Waals surface area (Å²) in [4.78, 5) is 11.9. The van der Waals surface area contributed by atoms with E-state index in [1.165, 1.54) is 10.8 Å². The van der Waals surface area contributed by atoms with Gasteiger partial charge in [-0.05, 0) is 16.3 Å². The Morgan fingerprint density at radius 3 is 2.60 bits per heavy atom. The molecule has 0 aromatic heterocycles. The van der Waals surface area contributed by atoms with Crippen LogP contribution in [0.5, 0.6) is 0 Å². The molecule has 4 heteroatoms. The number of fused-ring (bicyclic) bond motifs is 1. The first kappa shape index (κ1) is 14.8. The van der Waals surface area contributed by atoms with E-state index >= 15 is 0 Å². The zero-order chi connectivity index (χ0) is 13.1. The van der Waals surface area contributed by atoms with Crippen LogP contribution in [0, 0.1) is 5.92 Å². The number of amides is 1. The second kappa shape index (κ2) is 6.73. The van der Waals surface area contributed by atoms with Crippen LogP contribution in [0.1, 0.15) is 5.56 Å². The minimum Gasteiger partial charge on any atom is -0.355 e. The molecule has 0 bridgehead atoms. The van der Waals surface area contributed by atoms with Gasteiger partial charge in [-0.15, -0.1) is 12.4 Å². The third-order valence-corrected chi connectivity index (χ3v) is 3.63. The van der Waals surface area contributed by atoms with Crippen molar-refractivity contribution in [3.8, 4) is 0 Å². The molecule has 0 unspecified atom stereocenters. The molecule has 1 fully saturated rings. The summed E-state index contributed by atoms with van der Waals surface area (Å²) < 4.78 is 0. The fraction of sp³-hybridized carbons (Fsp3) is 0.312. The molecule has 2 aromatic carbocycles. The first-order valence-electron chi connectivity index (χ1n) is 6.76. The van der Waals surface area contributed by atoms with Gasteiger partial charge in [-0.3, -0.25) is 4.79 Å². The molecule has 3 rings (SSSR count). The summed E-state index contributed by atoms with van der Waals surface area (Å²) in [6, 6.07) is 14.4. The molecule has 0 atom stereocenters. The number of hydrogen-bond acceptors (Lipinski definition) is 2. The Labute approximate surface area is 125 Å². The number of benzene rings is 2. The van der Waals surface area contributed by atoms with E-state index in [1.807, 2.05) is 18.2 Å². The molecule has 106 valence electrons. The molecular formula is C16H19ClN2O. The van der Waals surface area contributed by atoms with Crippen LogP contribution in [-0.2, 0) is 11.2 Å². The number of rotatable bonds is 4. The summed E-state index contributed by atoms with van der Waals surface area (Å²) in [7, 11) is 0. The van der Waals surface area contributed by atoms with Crippen LogP contribution in [0.4, 0.5) is 0 Å². The first-order chi connectivity index (χ1) is 9.31. The van der Waals surface area contributed by atoms with Gasteiger partial charge in [0.15, 0.2) is 0 Å². The highest BCUT2D eigenvalue weighted by Crippen LogP contribution is 2.15. The van der Waals surface area contributed by atoms with Gasteiger partial charge in [0.1, 0.15) is 0 Å². The molecule has 2 aromatic rings. The molecule has 0 saturated carbocycles. The average Bonchev–Trinajstić information content (AvgIpc) is 2.37. The number of carbonyl (C=O) groups is 1. The van der Waals surface area contributed by atoms with Crippen molar-refractivity contribution in [1.29, 1.82) is 0 Å². The van der Waals surface area contributed by atoms with Gasteiger partial charge in [-0.25, -0.2) is 0 Å². The SMILES string of the molecule is Cl.O=C(Cc1ccc2ccccc2c1)NCC1CNC1. The summed E-state index contributed by atoms with van der Waals surface area (Å²) in [5, 5.41) is 8.61. The molecule has 3 nitrogen and oxygen atoms in total. The minimum absolute atomic E-state index is 0. The molecule has 1 aliphatic rings. The minimum atomic E-state index is 0. The van der Waals surface area contributed by atoms with E-state index in [0.717, 1.165) is 25.2 Å². The lowest BCUT2D eigenvalue weighted by molar-refractivity contribution is -0.120. The van der Waals surface area contributed by atoms with Gasteiger partial charge >= 0.3 is 0 Å². The van der Waals surface area contributed by atoms with E-state index in [-0.39, 0.29) is 18.3 Å². The Hall–Kier alpha value is -1.58. The van der Waals surface area contributed by atoms with Crippen molar-refractivity contribution in [1.82, 2.24) is 10.6 Å². The van der Waals surface area contributed by atoms with Crippen LogP contribution >= 0.6 is 12.4 Å². The molecule has 20 heavy (non-hydrogen) atoms. The average molecular weight is 291 g/mol. The van der Waals surface area contributed by atoms with Crippen molar-refractivity contribution < 1.29 is 4.79 Å². The Kier molecular flexibility index (Phi) is 4.99. The smallest absolute Gasteiger partial charge is 0.224 e. The van der Waals surface area contributed by atoms with Gasteiger partial charge in [0.2, 0.25) is 5.91 Å². The summed E-state index contributed by atoms with van der Waals surface area (Å²) >= 11 is 0. The third kappa shape index (κ3) is 3.50. The zero-order valence-electron chi connectivity index (χ0n) is 11.3. The zero-order valence-corrected chi connectivity index (χ0v) is 12.1. The van der Waals surface area contributed by atoms with Gasteiger partial charge in [0.25, 0.3) is 0 Å². The number of carbonyl (C=O) groups excluding carboxylic acids is 1. The van der Waals surface area contributed by atoms with Gasteiger partial charge in [0.05, 0.1) is 6.42 Å². The number of hydrogen-bond donors (Lipinski definition) is 2. The van der Waals surface area contributed by atoms with E-state index in [0.29, 0.717) is 12.3 Å². The number of halogens is 1. The molecular weight excluding hydrogens is 272 g/mol. The van der Waals surface area contributed by atoms with E-state index < -0.39 is 0 Å². The standard InChI is InChI=1S/C16H18N2O.ClH/c19-16(18-11-13-9-17-10-13)8-12-5-6-14-3-1-2-4-15(14)7-12;/h1-7,13,17H,8-11H2,(H,18,19);1H. The van der Waals surface area contributed by atoms with Crippen molar-refractivity contribution in [2.24, 2.45) is 5.92 Å². The fourth-order valence-electron chi connectivity index (χ4n) is 2.35. The lowest BCUT2D eigenvalue weighted by Crippen LogP contribution is -2.48. The Morgan fingerprint density at radius 1 is 1.15 bits per heavy atom. The van der Waals surface area contributed by atoms with Crippen LogP contribution < -0.4 is 10.6 Å². The second-order valence-corrected chi connectivity index (χ2v) is 5.19. The molecule has 1 saturated heterocycles. The predicted octanol–water partition coefficient (Wildman–Crippen LogP) is 2.14. The Morgan fingerprint density at radius 2 is 1.90 bits per heavy atom. The number of nitrogens with one attached hydrogen (secondary N) is 2. The van der Waals surface area contributed by atoms with Crippen molar-refractivity contribution >= 4 is 29.1 Å². The maximum Gasteiger partial charge on any atom is 0.224 e. The Balaban J connectivity index is 0.00000147. The van der Waals surface area contributed by atoms with Gasteiger partial charge in [-0.1, -0.05) is 42.5 Å². The quantitative estimate of drug-likeness (QED) is 0.906. The van der Waals surface area contributed by atoms with E-state index in [2.05, 4.69) is 34.9 Å². The van der Waals surface area contributed by atoms with Crippen LogP contribution in [0.25, 0.3) is 10.8 Å². The highest BCUT2D eigenvalue weighted by molar-refractivity contribution is 5.85. The summed E-state index contributed by atoms with van der Waals surface area (Å²) in [6.45, 7) is 2.84. The van der Waals surface area contributed by atoms with Crippen LogP contribution in [0.15, 0.2) is 42.5 Å². The van der Waals surface area contributed by atoms with Gasteiger partial charge in [0, 0.05) is 25.6 Å². The van der Waals surface area contributed by atoms with Crippen molar-refractivity contribution in [2.75, 3.05) is 19.6 Å². The van der Waals surface area contributed by atoms with Crippen LogP contribution in [-0.4, -0.2) is 25.5 Å². The predicted molar refractivity (Wildman–Crippen MR) is 84.3 cm³/mol. The maximum absolute atomic E-state index is 11.9. The Bertz CT molecular complexity index is 596. The highest BCUT2D eigenvalue weighted by Gasteiger charge is 2.17. The van der Waals surface area contributed by atoms with Crippen molar-refractivity contribution in [3.63, 3.8) is 0 Å². The van der Waals surface area contributed by atoms with E-state index in [1.54, 1.807) is 0 Å². The lowest BCUT2D eigenvalue weighted by atomic mass is 10.0. The van der Waals surface area contributed by atoms with Crippen molar-refractivity contribution in [2.45, 2.75) is 6.42 Å². The topological polar surface area (TPSA) is 41.1 Å². The molecule has 1 amide bonds. The van der Waals surface area contributed by atoms with Crippen LogP contribution in [0.2, 0.25) is 0 Å². The third-order valence-electron chi connectivity index (χ3n) is 3.63. The second-order valence-electron chi connectivity index (χ2n) is 5.19. The fourth-order valence-corrected chi connectivity index (χ4v) is 2.35. The first-order valence-corrected chi connectivity index (χ1v) is 6.76. The summed E-state index contributed by atoms with van der Waals surface area (Å²) in [5.41, 5.74) is 1.07. The maximum atomic E-state index is 11.9. The monoisotopic (exact) mass is 290 g/mol. The van der Waals surface area contributed by atoms with Crippen LogP contribution in [0.3, 0.4) is 0 Å². The highest BCUT2D eigenvalue weighted by atomic mass is 35.5. The van der Waals surface area contributed by atoms with E-state index in [9.17, 15) is 4.79 Å². The summed E-state index contributed by atoms with van der Waals surface area (Å²) in [5.74, 6) is 0.725.